The molecule has 0 bridgehead atoms. The molecule has 1 saturated heterocycles. The topological polar surface area (TPSA) is 71.7 Å². The van der Waals surface area contributed by atoms with Gasteiger partial charge in [0.2, 0.25) is 0 Å². The minimum atomic E-state index is -0.252. The fraction of sp³-hybridized carbons (Fsp3) is 0.400. The summed E-state index contributed by atoms with van der Waals surface area (Å²) in [4.78, 5) is 20.9. The third-order valence-electron chi connectivity index (χ3n) is 4.59. The van der Waals surface area contributed by atoms with Crippen molar-refractivity contribution in [3.8, 4) is 0 Å². The first-order valence-corrected chi connectivity index (χ1v) is 9.08. The zero-order chi connectivity index (χ0) is 18.2. The van der Waals surface area contributed by atoms with Crippen LogP contribution in [0.15, 0.2) is 48.7 Å². The number of aromatic nitrogens is 1. The summed E-state index contributed by atoms with van der Waals surface area (Å²) in [5, 5.41) is 0. The zero-order valence-electron chi connectivity index (χ0n) is 15.0. The maximum atomic E-state index is 12.0. The highest BCUT2D eigenvalue weighted by atomic mass is 16.5. The molecule has 0 spiro atoms. The van der Waals surface area contributed by atoms with Crippen molar-refractivity contribution in [1.29, 1.82) is 0 Å². The summed E-state index contributed by atoms with van der Waals surface area (Å²) >= 11 is 0. The average molecular weight is 354 g/mol. The van der Waals surface area contributed by atoms with Crippen LogP contribution in [0.1, 0.15) is 22.3 Å². The molecule has 1 aliphatic heterocycles. The van der Waals surface area contributed by atoms with Gasteiger partial charge in [0.15, 0.2) is 0 Å². The summed E-state index contributed by atoms with van der Waals surface area (Å²) < 4.78 is 5.39. The molecule has 0 unspecified atom stereocenters. The van der Waals surface area contributed by atoms with Crippen LogP contribution in [-0.2, 0) is 11.3 Å². The Labute approximate surface area is 154 Å². The van der Waals surface area contributed by atoms with Crippen molar-refractivity contribution in [3.63, 3.8) is 0 Å². The van der Waals surface area contributed by atoms with E-state index in [-0.39, 0.29) is 5.97 Å². The van der Waals surface area contributed by atoms with Crippen molar-refractivity contribution in [2.45, 2.75) is 13.0 Å². The van der Waals surface area contributed by atoms with Gasteiger partial charge in [0.05, 0.1) is 5.56 Å². The number of esters is 1. The standard InChI is InChI=1S/C20H26N4O2/c21-19-8-7-17(15-22-19)16-24-10-4-9-23(11-12-24)13-14-26-20(25)18-5-2-1-3-6-18/h1-3,5-8,15H,4,9-14,16H2,(H2,21,22). The van der Waals surface area contributed by atoms with Gasteiger partial charge < -0.3 is 10.5 Å². The summed E-state index contributed by atoms with van der Waals surface area (Å²) in [7, 11) is 0. The predicted octanol–water partition coefficient (Wildman–Crippen LogP) is 2.03. The number of nitrogens with zero attached hydrogens (tertiary/aromatic N) is 3. The molecule has 1 aromatic heterocycles. The quantitative estimate of drug-likeness (QED) is 0.801. The largest absolute Gasteiger partial charge is 0.461 e. The van der Waals surface area contributed by atoms with Crippen molar-refractivity contribution in [2.24, 2.45) is 0 Å². The number of anilines is 1. The Balaban J connectivity index is 1.39. The minimum Gasteiger partial charge on any atom is -0.461 e. The molecule has 26 heavy (non-hydrogen) atoms. The molecule has 138 valence electrons. The van der Waals surface area contributed by atoms with Gasteiger partial charge >= 0.3 is 5.97 Å². The monoisotopic (exact) mass is 354 g/mol. The number of nitrogen functional groups attached to an aromatic ring is 1. The number of carbonyl (C=O) groups excluding carboxylic acids is 1. The first-order valence-electron chi connectivity index (χ1n) is 9.08. The number of pyridine rings is 1. The highest BCUT2D eigenvalue weighted by molar-refractivity contribution is 5.89. The van der Waals surface area contributed by atoms with Gasteiger partial charge in [0.25, 0.3) is 0 Å². The van der Waals surface area contributed by atoms with Gasteiger partial charge in [-0.3, -0.25) is 9.80 Å². The van der Waals surface area contributed by atoms with Crippen LogP contribution in [0.2, 0.25) is 0 Å². The molecule has 0 radical (unpaired) electrons. The van der Waals surface area contributed by atoms with E-state index in [1.54, 1.807) is 12.1 Å². The summed E-state index contributed by atoms with van der Waals surface area (Å²) in [6.45, 7) is 6.15. The molecule has 6 nitrogen and oxygen atoms in total. The van der Waals surface area contributed by atoms with Crippen molar-refractivity contribution in [1.82, 2.24) is 14.8 Å². The van der Waals surface area contributed by atoms with Crippen molar-refractivity contribution >= 4 is 11.8 Å². The van der Waals surface area contributed by atoms with Gasteiger partial charge in [-0.25, -0.2) is 9.78 Å². The second-order valence-corrected chi connectivity index (χ2v) is 6.56. The maximum Gasteiger partial charge on any atom is 0.338 e. The van der Waals surface area contributed by atoms with E-state index in [1.165, 1.54) is 5.56 Å². The molecular weight excluding hydrogens is 328 g/mol. The van der Waals surface area contributed by atoms with Crippen LogP contribution in [0.25, 0.3) is 0 Å². The second kappa shape index (κ2) is 9.31. The minimum absolute atomic E-state index is 0.252. The van der Waals surface area contributed by atoms with Gasteiger partial charge in [0.1, 0.15) is 12.4 Å². The Morgan fingerprint density at radius 3 is 2.58 bits per heavy atom. The van der Waals surface area contributed by atoms with E-state index in [9.17, 15) is 4.79 Å². The van der Waals surface area contributed by atoms with Crippen LogP contribution in [-0.4, -0.2) is 60.1 Å². The predicted molar refractivity (Wildman–Crippen MR) is 102 cm³/mol. The van der Waals surface area contributed by atoms with Gasteiger partial charge in [-0.2, -0.15) is 0 Å². The van der Waals surface area contributed by atoms with Crippen molar-refractivity contribution < 1.29 is 9.53 Å². The molecule has 0 atom stereocenters. The van der Waals surface area contributed by atoms with E-state index in [0.717, 1.165) is 45.7 Å². The Kier molecular flexibility index (Phi) is 6.57. The lowest BCUT2D eigenvalue weighted by molar-refractivity contribution is 0.0463. The summed E-state index contributed by atoms with van der Waals surface area (Å²) in [6, 6.07) is 13.0. The molecule has 3 rings (SSSR count). The number of benzene rings is 1. The van der Waals surface area contributed by atoms with Crippen LogP contribution < -0.4 is 5.73 Å². The van der Waals surface area contributed by atoms with Crippen LogP contribution in [0.3, 0.4) is 0 Å². The lowest BCUT2D eigenvalue weighted by Gasteiger charge is -2.21. The smallest absolute Gasteiger partial charge is 0.338 e. The molecule has 6 heteroatoms. The molecule has 2 heterocycles. The zero-order valence-corrected chi connectivity index (χ0v) is 15.0. The van der Waals surface area contributed by atoms with E-state index in [2.05, 4.69) is 14.8 Å². The first kappa shape index (κ1) is 18.4. The molecule has 1 aliphatic rings. The Morgan fingerprint density at radius 2 is 1.81 bits per heavy atom. The van der Waals surface area contributed by atoms with E-state index in [4.69, 9.17) is 10.5 Å². The van der Waals surface area contributed by atoms with E-state index >= 15 is 0 Å². The number of rotatable bonds is 6. The highest BCUT2D eigenvalue weighted by Gasteiger charge is 2.15. The van der Waals surface area contributed by atoms with Gasteiger partial charge in [-0.05, 0) is 43.3 Å². The number of hydrogen-bond donors (Lipinski definition) is 1. The lowest BCUT2D eigenvalue weighted by Crippen LogP contribution is -2.33. The second-order valence-electron chi connectivity index (χ2n) is 6.56. The molecular formula is C20H26N4O2. The number of hydrogen-bond acceptors (Lipinski definition) is 6. The number of ether oxygens (including phenoxy) is 1. The normalized spacial score (nSPS) is 16.2. The van der Waals surface area contributed by atoms with E-state index in [0.29, 0.717) is 18.0 Å². The molecule has 0 saturated carbocycles. The van der Waals surface area contributed by atoms with Gasteiger partial charge in [-0.1, -0.05) is 24.3 Å². The van der Waals surface area contributed by atoms with E-state index in [1.807, 2.05) is 36.5 Å². The SMILES string of the molecule is Nc1ccc(CN2CCCN(CCOC(=O)c3ccccc3)CC2)cn1. The summed E-state index contributed by atoms with van der Waals surface area (Å²) in [5.41, 5.74) is 7.43. The van der Waals surface area contributed by atoms with Crippen LogP contribution in [0, 0.1) is 0 Å². The van der Waals surface area contributed by atoms with Crippen molar-refractivity contribution in [3.05, 3.63) is 59.8 Å². The van der Waals surface area contributed by atoms with E-state index < -0.39 is 0 Å². The fourth-order valence-corrected chi connectivity index (χ4v) is 3.12. The third-order valence-corrected chi connectivity index (χ3v) is 4.59. The van der Waals surface area contributed by atoms with Gasteiger partial charge in [0, 0.05) is 32.4 Å². The van der Waals surface area contributed by atoms with Crippen molar-refractivity contribution in [2.75, 3.05) is 45.1 Å². The molecule has 2 aromatic rings. The van der Waals surface area contributed by atoms with Gasteiger partial charge in [-0.15, -0.1) is 0 Å². The van der Waals surface area contributed by atoms with Crippen LogP contribution in [0.4, 0.5) is 5.82 Å². The average Bonchev–Trinajstić information content (AvgIpc) is 2.89. The van der Waals surface area contributed by atoms with Crippen LogP contribution in [0.5, 0.6) is 0 Å². The molecule has 0 amide bonds. The highest BCUT2D eigenvalue weighted by Crippen LogP contribution is 2.10. The molecule has 1 aromatic carbocycles. The Hall–Kier alpha value is -2.44. The summed E-state index contributed by atoms with van der Waals surface area (Å²) in [5.74, 6) is 0.304. The lowest BCUT2D eigenvalue weighted by atomic mass is 10.2. The fourth-order valence-electron chi connectivity index (χ4n) is 3.12. The third kappa shape index (κ3) is 5.54. The maximum absolute atomic E-state index is 12.0. The summed E-state index contributed by atoms with van der Waals surface area (Å²) in [6.07, 6.45) is 2.95. The first-order chi connectivity index (χ1) is 12.7. The van der Waals surface area contributed by atoms with Crippen LogP contribution >= 0.6 is 0 Å². The number of carbonyl (C=O) groups is 1. The molecule has 2 N–H and O–H groups in total. The Bertz CT molecular complexity index is 691. The molecule has 0 aliphatic carbocycles. The Morgan fingerprint density at radius 1 is 1.04 bits per heavy atom. The molecule has 1 fully saturated rings. The number of nitrogens with two attached hydrogens (primary N) is 1.